The van der Waals surface area contributed by atoms with Crippen LogP contribution in [0.3, 0.4) is 0 Å². The van der Waals surface area contributed by atoms with E-state index in [1.807, 2.05) is 39.8 Å². The smallest absolute Gasteiger partial charge is 0.424 e. The molecule has 10 nitrogen and oxygen atoms in total. The zero-order valence-electron chi connectivity index (χ0n) is 38.5. The molecule has 0 fully saturated rings. The Morgan fingerprint density at radius 1 is 0.609 bits per heavy atom. The van der Waals surface area contributed by atoms with Crippen molar-refractivity contribution in [1.29, 1.82) is 0 Å². The lowest BCUT2D eigenvalue weighted by Crippen LogP contribution is -2.51. The average Bonchev–Trinajstić information content (AvgIpc) is 3.80. The maximum absolute atomic E-state index is 15.1. The van der Waals surface area contributed by atoms with Crippen LogP contribution in [0.5, 0.6) is 0 Å². The van der Waals surface area contributed by atoms with Crippen LogP contribution >= 0.6 is 54.5 Å². The Labute approximate surface area is 402 Å². The molecule has 6 rings (SSSR count). The third kappa shape index (κ3) is 10.5. The molecule has 0 aliphatic carbocycles. The molecule has 0 radical (unpaired) electrons. The fourth-order valence-electron chi connectivity index (χ4n) is 8.68. The number of unbranched alkanes of at least 4 members (excludes halogenated alkanes) is 8. The molecule has 1 N–H and O–H groups in total. The molecule has 5 amide bonds. The highest BCUT2D eigenvalue weighted by Crippen LogP contribution is 2.50. The van der Waals surface area contributed by atoms with Crippen LogP contribution in [0, 0.1) is 0 Å². The van der Waals surface area contributed by atoms with E-state index in [2.05, 4.69) is 45.7 Å². The fraction of sp³-hybridized carbons (Fsp3) is 0.540. The Bertz CT molecular complexity index is 2430. The summed E-state index contributed by atoms with van der Waals surface area (Å²) >= 11 is 10.3. The molecule has 0 spiro atoms. The number of halogens is 2. The van der Waals surface area contributed by atoms with Gasteiger partial charge in [-0.25, -0.2) is 9.69 Å². The fourth-order valence-corrected chi connectivity index (χ4v) is 12.3. The lowest BCUT2D eigenvalue weighted by atomic mass is 9.80. The maximum Gasteiger partial charge on any atom is 0.424 e. The first-order chi connectivity index (χ1) is 30.4. The van der Waals surface area contributed by atoms with E-state index in [-0.39, 0.29) is 33.0 Å². The number of carbonyl (C=O) groups excluding carboxylic acids is 5. The van der Waals surface area contributed by atoms with Gasteiger partial charge in [-0.05, 0) is 140 Å². The molecule has 2 aromatic carbocycles. The minimum Gasteiger partial charge on any atom is -0.443 e. The highest BCUT2D eigenvalue weighted by molar-refractivity contribution is 9.11. The number of imide groups is 4. The Balaban J connectivity index is 1.64. The highest BCUT2D eigenvalue weighted by Gasteiger charge is 2.48. The summed E-state index contributed by atoms with van der Waals surface area (Å²) in [6, 6.07) is 7.12. The van der Waals surface area contributed by atoms with Crippen LogP contribution in [-0.4, -0.2) is 62.2 Å². The molecule has 346 valence electrons. The molecule has 2 aliphatic rings. The molecule has 1 atom stereocenters. The summed E-state index contributed by atoms with van der Waals surface area (Å²) < 4.78 is 13.8. The van der Waals surface area contributed by atoms with E-state index in [0.29, 0.717) is 38.6 Å². The van der Waals surface area contributed by atoms with Gasteiger partial charge in [-0.15, -0.1) is 22.7 Å². The quantitative estimate of drug-likeness (QED) is 0.0468. The van der Waals surface area contributed by atoms with E-state index in [9.17, 15) is 19.5 Å². The van der Waals surface area contributed by atoms with Gasteiger partial charge in [0.1, 0.15) is 5.60 Å². The molecule has 0 bridgehead atoms. The lowest BCUT2D eigenvalue weighted by molar-refractivity contribution is -0.219. The lowest BCUT2D eigenvalue weighted by Gasteiger charge is -2.37. The first-order valence-electron chi connectivity index (χ1n) is 23.0. The monoisotopic (exact) mass is 1040 g/mol. The number of carbonyl (C=O) groups is 5. The van der Waals surface area contributed by atoms with Crippen LogP contribution in [0.25, 0.3) is 31.7 Å². The number of hydrogen-bond acceptors (Lipinski definition) is 10. The summed E-state index contributed by atoms with van der Waals surface area (Å²) in [5.41, 5.74) is 0.935. The van der Waals surface area contributed by atoms with Crippen molar-refractivity contribution in [2.75, 3.05) is 0 Å². The summed E-state index contributed by atoms with van der Waals surface area (Å²) in [7, 11) is 0. The van der Waals surface area contributed by atoms with Crippen molar-refractivity contribution in [2.24, 2.45) is 0 Å². The van der Waals surface area contributed by atoms with Crippen LogP contribution < -0.4 is 0 Å². The van der Waals surface area contributed by atoms with Gasteiger partial charge < -0.3 is 14.6 Å². The second-order valence-corrected chi connectivity index (χ2v) is 23.1. The predicted molar refractivity (Wildman–Crippen MR) is 263 cm³/mol. The van der Waals surface area contributed by atoms with Gasteiger partial charge in [0, 0.05) is 42.8 Å². The molecule has 64 heavy (non-hydrogen) atoms. The highest BCUT2D eigenvalue weighted by atomic mass is 79.9. The van der Waals surface area contributed by atoms with Crippen LogP contribution in [0.2, 0.25) is 0 Å². The topological polar surface area (TPSA) is 131 Å². The van der Waals surface area contributed by atoms with Crippen LogP contribution in [0.4, 0.5) is 4.79 Å². The van der Waals surface area contributed by atoms with Gasteiger partial charge in [0.05, 0.1) is 24.3 Å². The summed E-state index contributed by atoms with van der Waals surface area (Å²) in [5, 5.41) is 12.0. The van der Waals surface area contributed by atoms with Gasteiger partial charge in [0.25, 0.3) is 23.6 Å². The average molecular weight is 1040 g/mol. The van der Waals surface area contributed by atoms with E-state index >= 15 is 9.59 Å². The van der Waals surface area contributed by atoms with E-state index in [0.717, 1.165) is 113 Å². The van der Waals surface area contributed by atoms with Crippen molar-refractivity contribution in [2.45, 2.75) is 176 Å². The van der Waals surface area contributed by atoms with Gasteiger partial charge >= 0.3 is 6.09 Å². The molecule has 2 aliphatic heterocycles. The number of hydrogen-bond donors (Lipinski definition) is 1. The SMILES string of the molecule is CCCCCCc1cc(-c2cc3c4c(c(-c5cc(CCCCCC)c(Br)s5)cc5c4c2C(=O)N(C(=O)OC(C)(C)CCCC)C5=O)C(=O)N(C(O)OC(C)(C)CCCC)C3=O)sc1Br. The minimum absolute atomic E-state index is 0.00857. The van der Waals surface area contributed by atoms with Crippen LogP contribution in [-0.2, 0) is 22.3 Å². The third-order valence-corrected chi connectivity index (χ3v) is 16.2. The number of rotatable bonds is 22. The Morgan fingerprint density at radius 3 is 1.55 bits per heavy atom. The Morgan fingerprint density at radius 2 is 1.06 bits per heavy atom. The van der Waals surface area contributed by atoms with E-state index < -0.39 is 47.3 Å². The normalized spacial score (nSPS) is 14.7. The van der Waals surface area contributed by atoms with Crippen molar-refractivity contribution in [1.82, 2.24) is 9.80 Å². The number of aliphatic hydroxyl groups is 1. The molecule has 0 saturated carbocycles. The van der Waals surface area contributed by atoms with Crippen molar-refractivity contribution in [3.8, 4) is 20.9 Å². The van der Waals surface area contributed by atoms with Crippen LogP contribution in [0.1, 0.15) is 198 Å². The summed E-state index contributed by atoms with van der Waals surface area (Å²) in [6.07, 6.45) is 11.3. The van der Waals surface area contributed by atoms with E-state index in [1.54, 1.807) is 26.0 Å². The standard InChI is InChI=1S/C50H62Br2N2O8S2/c1-9-13-17-19-21-29-25-35(63-41(29)51)31-27-33-38-37-34(44(56)53(45(57)39(31)37)47(59)61-49(5,6)23-15-11-3)28-32(36-26-30(42(52)64-36)22-20-18-14-10-2)40(38)46(58)54(43(33)55)48(60)62-50(7,8)24-16-12-4/h25-28,47,59H,9-24H2,1-8H3. The van der Waals surface area contributed by atoms with Crippen LogP contribution in [0.15, 0.2) is 31.8 Å². The largest absolute Gasteiger partial charge is 0.443 e. The summed E-state index contributed by atoms with van der Waals surface area (Å²) in [4.78, 5) is 77.0. The summed E-state index contributed by atoms with van der Waals surface area (Å²) in [6.45, 7) is 15.5. The van der Waals surface area contributed by atoms with Gasteiger partial charge in [0.15, 0.2) is 0 Å². The molecule has 1 unspecified atom stereocenters. The number of aliphatic hydroxyl groups excluding tert-OH is 1. The zero-order valence-corrected chi connectivity index (χ0v) is 43.3. The molecule has 4 heterocycles. The Kier molecular flexibility index (Phi) is 16.6. The first kappa shape index (κ1) is 50.1. The molecular formula is C50H62Br2N2O8S2. The van der Waals surface area contributed by atoms with E-state index in [1.165, 1.54) is 22.7 Å². The van der Waals surface area contributed by atoms with Gasteiger partial charge in [0.2, 0.25) is 6.41 Å². The summed E-state index contributed by atoms with van der Waals surface area (Å²) in [5.74, 6) is -3.46. The van der Waals surface area contributed by atoms with Crippen molar-refractivity contribution >= 4 is 95.0 Å². The third-order valence-electron chi connectivity index (χ3n) is 12.2. The minimum atomic E-state index is -1.95. The van der Waals surface area contributed by atoms with Crippen molar-refractivity contribution < 1.29 is 38.6 Å². The number of ether oxygens (including phenoxy) is 2. The Hall–Kier alpha value is -3.27. The number of amides is 5. The second kappa shape index (κ2) is 21.1. The van der Waals surface area contributed by atoms with E-state index in [4.69, 9.17) is 9.47 Å². The number of thiophene rings is 2. The number of benzene rings is 2. The molecule has 2 aromatic heterocycles. The van der Waals surface area contributed by atoms with Gasteiger partial charge in [-0.3, -0.25) is 19.2 Å². The zero-order chi connectivity index (χ0) is 46.7. The number of nitrogens with zero attached hydrogens (tertiary/aromatic N) is 2. The molecule has 14 heteroatoms. The molecular weight excluding hydrogens is 980 g/mol. The predicted octanol–water partition coefficient (Wildman–Crippen LogP) is 14.6. The molecule has 0 saturated heterocycles. The van der Waals surface area contributed by atoms with Crippen molar-refractivity contribution in [3.05, 3.63) is 65.2 Å². The van der Waals surface area contributed by atoms with Gasteiger partial charge in [-0.1, -0.05) is 85.5 Å². The molecule has 4 aromatic rings. The van der Waals surface area contributed by atoms with Crippen molar-refractivity contribution in [3.63, 3.8) is 0 Å². The second-order valence-electron chi connectivity index (χ2n) is 18.3. The van der Waals surface area contributed by atoms with Gasteiger partial charge in [-0.2, -0.15) is 4.90 Å². The first-order valence-corrected chi connectivity index (χ1v) is 26.2. The maximum atomic E-state index is 15.1. The number of aryl methyl sites for hydroxylation is 2.